The first-order valence-corrected chi connectivity index (χ1v) is 7.92. The standard InChI is InChI=1S/C18H19N3O/c1-2-9-21-16-6-4-3-5-15(16)19-18(21)14-10-17(22)20(12-14)11-13-7-8-13/h1,3-6,13-14H,7-12H2/t14-/m0/s1. The highest BCUT2D eigenvalue weighted by atomic mass is 16.2. The van der Waals surface area contributed by atoms with Crippen LogP contribution in [0.5, 0.6) is 0 Å². The molecule has 112 valence electrons. The Hall–Kier alpha value is -2.28. The number of hydrogen-bond acceptors (Lipinski definition) is 2. The van der Waals surface area contributed by atoms with Crippen molar-refractivity contribution in [1.82, 2.24) is 14.5 Å². The second kappa shape index (κ2) is 5.17. The Morgan fingerprint density at radius 3 is 2.91 bits per heavy atom. The lowest BCUT2D eigenvalue weighted by atomic mass is 10.1. The van der Waals surface area contributed by atoms with Gasteiger partial charge in [-0.15, -0.1) is 6.42 Å². The summed E-state index contributed by atoms with van der Waals surface area (Å²) in [5, 5.41) is 0. The lowest BCUT2D eigenvalue weighted by Gasteiger charge is -2.16. The number of amides is 1. The van der Waals surface area contributed by atoms with Crippen LogP contribution in [0.2, 0.25) is 0 Å². The van der Waals surface area contributed by atoms with E-state index in [2.05, 4.69) is 10.5 Å². The molecular formula is C18H19N3O. The van der Waals surface area contributed by atoms with E-state index in [1.807, 2.05) is 29.2 Å². The van der Waals surface area contributed by atoms with Crippen molar-refractivity contribution in [2.24, 2.45) is 5.92 Å². The number of hydrogen-bond donors (Lipinski definition) is 0. The molecule has 1 aliphatic heterocycles. The van der Waals surface area contributed by atoms with Crippen LogP contribution in [-0.2, 0) is 11.3 Å². The van der Waals surface area contributed by atoms with Crippen molar-refractivity contribution in [3.63, 3.8) is 0 Å². The molecule has 1 aromatic carbocycles. The first-order valence-electron chi connectivity index (χ1n) is 7.92. The summed E-state index contributed by atoms with van der Waals surface area (Å²) in [4.78, 5) is 19.0. The molecule has 0 N–H and O–H groups in total. The molecule has 1 atom stereocenters. The number of nitrogens with zero attached hydrogens (tertiary/aromatic N) is 3. The Morgan fingerprint density at radius 2 is 2.14 bits per heavy atom. The van der Waals surface area contributed by atoms with Gasteiger partial charge in [0.05, 0.1) is 17.6 Å². The minimum absolute atomic E-state index is 0.159. The van der Waals surface area contributed by atoms with E-state index in [-0.39, 0.29) is 11.8 Å². The molecule has 1 saturated heterocycles. The van der Waals surface area contributed by atoms with Crippen LogP contribution in [0, 0.1) is 18.3 Å². The van der Waals surface area contributed by atoms with Crippen LogP contribution in [0.3, 0.4) is 0 Å². The molecule has 22 heavy (non-hydrogen) atoms. The van der Waals surface area contributed by atoms with Crippen LogP contribution >= 0.6 is 0 Å². The summed E-state index contributed by atoms with van der Waals surface area (Å²) in [5.74, 6) is 4.83. The summed E-state index contributed by atoms with van der Waals surface area (Å²) in [5.41, 5.74) is 2.02. The second-order valence-corrected chi connectivity index (χ2v) is 6.39. The third kappa shape index (κ3) is 2.27. The third-order valence-electron chi connectivity index (χ3n) is 4.69. The number of rotatable bonds is 4. The van der Waals surface area contributed by atoms with Gasteiger partial charge >= 0.3 is 0 Å². The largest absolute Gasteiger partial charge is 0.342 e. The van der Waals surface area contributed by atoms with Crippen molar-refractivity contribution in [3.05, 3.63) is 30.1 Å². The van der Waals surface area contributed by atoms with E-state index in [1.165, 1.54) is 12.8 Å². The average molecular weight is 293 g/mol. The van der Waals surface area contributed by atoms with Crippen molar-refractivity contribution < 1.29 is 4.79 Å². The van der Waals surface area contributed by atoms with Crippen molar-refractivity contribution in [3.8, 4) is 12.3 Å². The third-order valence-corrected chi connectivity index (χ3v) is 4.69. The van der Waals surface area contributed by atoms with E-state index in [0.717, 1.165) is 35.9 Å². The summed E-state index contributed by atoms with van der Waals surface area (Å²) in [6.07, 6.45) is 8.62. The van der Waals surface area contributed by atoms with Gasteiger partial charge in [-0.05, 0) is 30.9 Å². The lowest BCUT2D eigenvalue weighted by molar-refractivity contribution is -0.127. The molecule has 2 aliphatic rings. The molecule has 0 unspecified atom stereocenters. The normalized spacial score (nSPS) is 21.5. The quantitative estimate of drug-likeness (QED) is 0.812. The maximum absolute atomic E-state index is 12.3. The molecule has 0 bridgehead atoms. The Balaban J connectivity index is 1.67. The Bertz CT molecular complexity index is 766. The summed E-state index contributed by atoms with van der Waals surface area (Å²) in [7, 11) is 0. The summed E-state index contributed by atoms with van der Waals surface area (Å²) in [6, 6.07) is 8.03. The van der Waals surface area contributed by atoms with Crippen molar-refractivity contribution >= 4 is 16.9 Å². The monoisotopic (exact) mass is 293 g/mol. The van der Waals surface area contributed by atoms with Gasteiger partial charge in [-0.3, -0.25) is 4.79 Å². The molecule has 0 radical (unpaired) electrons. The minimum Gasteiger partial charge on any atom is -0.342 e. The first-order chi connectivity index (χ1) is 10.8. The number of para-hydroxylation sites is 2. The zero-order valence-electron chi connectivity index (χ0n) is 12.5. The highest BCUT2D eigenvalue weighted by molar-refractivity contribution is 5.81. The molecule has 0 spiro atoms. The molecule has 4 heteroatoms. The fraction of sp³-hybridized carbons (Fsp3) is 0.444. The molecular weight excluding hydrogens is 274 g/mol. The molecule has 1 amide bonds. The van der Waals surface area contributed by atoms with Crippen molar-refractivity contribution in [2.45, 2.75) is 31.7 Å². The van der Waals surface area contributed by atoms with E-state index in [4.69, 9.17) is 11.4 Å². The van der Waals surface area contributed by atoms with Gasteiger partial charge in [-0.1, -0.05) is 18.1 Å². The van der Waals surface area contributed by atoms with Gasteiger partial charge in [0.25, 0.3) is 0 Å². The molecule has 1 saturated carbocycles. The molecule has 2 aromatic rings. The molecule has 4 nitrogen and oxygen atoms in total. The van der Waals surface area contributed by atoms with Crippen LogP contribution in [0.25, 0.3) is 11.0 Å². The zero-order chi connectivity index (χ0) is 15.1. The van der Waals surface area contributed by atoms with Crippen LogP contribution in [0.4, 0.5) is 0 Å². The van der Waals surface area contributed by atoms with Gasteiger partial charge in [0.1, 0.15) is 5.82 Å². The maximum Gasteiger partial charge on any atom is 0.223 e. The van der Waals surface area contributed by atoms with Gasteiger partial charge < -0.3 is 9.47 Å². The number of aromatic nitrogens is 2. The minimum atomic E-state index is 0.159. The molecule has 2 heterocycles. The zero-order valence-corrected chi connectivity index (χ0v) is 12.5. The molecule has 1 aliphatic carbocycles. The summed E-state index contributed by atoms with van der Waals surface area (Å²) in [6.45, 7) is 2.21. The molecule has 1 aromatic heterocycles. The van der Waals surface area contributed by atoms with Crippen molar-refractivity contribution in [2.75, 3.05) is 13.1 Å². The number of likely N-dealkylation sites (tertiary alicyclic amines) is 1. The number of imidazole rings is 1. The Morgan fingerprint density at radius 1 is 1.32 bits per heavy atom. The van der Waals surface area contributed by atoms with Gasteiger partial charge in [0.2, 0.25) is 5.91 Å². The summed E-state index contributed by atoms with van der Waals surface area (Å²) >= 11 is 0. The van der Waals surface area contributed by atoms with Gasteiger partial charge in [-0.2, -0.15) is 0 Å². The predicted molar refractivity (Wildman–Crippen MR) is 85.2 cm³/mol. The van der Waals surface area contributed by atoms with Crippen LogP contribution in [-0.4, -0.2) is 33.4 Å². The fourth-order valence-electron chi connectivity index (χ4n) is 3.40. The summed E-state index contributed by atoms with van der Waals surface area (Å²) < 4.78 is 2.09. The Kier molecular flexibility index (Phi) is 3.15. The predicted octanol–water partition coefficient (Wildman–Crippen LogP) is 2.40. The lowest BCUT2D eigenvalue weighted by Crippen LogP contribution is -2.27. The number of carbonyl (C=O) groups is 1. The van der Waals surface area contributed by atoms with E-state index in [1.54, 1.807) is 0 Å². The van der Waals surface area contributed by atoms with Gasteiger partial charge in [0, 0.05) is 25.4 Å². The van der Waals surface area contributed by atoms with Crippen LogP contribution < -0.4 is 0 Å². The first kappa shape index (κ1) is 13.4. The van der Waals surface area contributed by atoms with Crippen LogP contribution in [0.1, 0.15) is 31.0 Å². The Labute approximate surface area is 130 Å². The average Bonchev–Trinajstić information content (AvgIpc) is 3.16. The molecule has 2 fully saturated rings. The fourth-order valence-corrected chi connectivity index (χ4v) is 3.40. The maximum atomic E-state index is 12.3. The van der Waals surface area contributed by atoms with E-state index >= 15 is 0 Å². The molecule has 4 rings (SSSR count). The van der Waals surface area contributed by atoms with Gasteiger partial charge in [-0.25, -0.2) is 4.98 Å². The van der Waals surface area contributed by atoms with E-state index in [9.17, 15) is 4.79 Å². The van der Waals surface area contributed by atoms with Crippen LogP contribution in [0.15, 0.2) is 24.3 Å². The van der Waals surface area contributed by atoms with Gasteiger partial charge in [0.15, 0.2) is 0 Å². The van der Waals surface area contributed by atoms with E-state index in [0.29, 0.717) is 13.0 Å². The highest BCUT2D eigenvalue weighted by Gasteiger charge is 2.36. The number of benzene rings is 1. The number of carbonyl (C=O) groups excluding carboxylic acids is 1. The second-order valence-electron chi connectivity index (χ2n) is 6.39. The SMILES string of the molecule is C#CCn1c([C@H]2CC(=O)N(CC3CC3)C2)nc2ccccc21. The number of terminal acetylenes is 1. The topological polar surface area (TPSA) is 38.1 Å². The smallest absolute Gasteiger partial charge is 0.223 e. The number of fused-ring (bicyclic) bond motifs is 1. The van der Waals surface area contributed by atoms with Crippen molar-refractivity contribution in [1.29, 1.82) is 0 Å². The highest BCUT2D eigenvalue weighted by Crippen LogP contribution is 2.35. The van der Waals surface area contributed by atoms with E-state index < -0.39 is 0 Å².